The normalized spacial score (nSPS) is 21.5. The summed E-state index contributed by atoms with van der Waals surface area (Å²) >= 11 is 0. The maximum Gasteiger partial charge on any atom is 0.132 e. The Labute approximate surface area is 148 Å². The molecular formula is C19H26N4O2. The van der Waals surface area contributed by atoms with Gasteiger partial charge in [0.2, 0.25) is 0 Å². The van der Waals surface area contributed by atoms with Crippen LogP contribution in [0.15, 0.2) is 18.5 Å². The summed E-state index contributed by atoms with van der Waals surface area (Å²) in [6.45, 7) is 7.62. The van der Waals surface area contributed by atoms with Crippen molar-refractivity contribution in [1.29, 1.82) is 0 Å². The highest BCUT2D eigenvalue weighted by Crippen LogP contribution is 2.36. The zero-order chi connectivity index (χ0) is 17.2. The lowest BCUT2D eigenvalue weighted by atomic mass is 9.99. The molecule has 0 saturated heterocycles. The van der Waals surface area contributed by atoms with Crippen molar-refractivity contribution in [3.8, 4) is 11.5 Å². The van der Waals surface area contributed by atoms with Gasteiger partial charge in [-0.2, -0.15) is 0 Å². The Morgan fingerprint density at radius 2 is 2.32 bits per heavy atom. The van der Waals surface area contributed by atoms with Crippen molar-refractivity contribution in [1.82, 2.24) is 20.1 Å². The third-order valence-corrected chi connectivity index (χ3v) is 5.03. The van der Waals surface area contributed by atoms with Crippen molar-refractivity contribution in [3.63, 3.8) is 0 Å². The Morgan fingerprint density at radius 3 is 3.20 bits per heavy atom. The molecule has 2 atom stereocenters. The molecule has 0 bridgehead atoms. The number of fused-ring (bicyclic) bond motifs is 2. The topological polar surface area (TPSA) is 61.2 Å². The van der Waals surface area contributed by atoms with E-state index in [0.29, 0.717) is 12.5 Å². The van der Waals surface area contributed by atoms with E-state index in [1.807, 2.05) is 13.3 Å². The van der Waals surface area contributed by atoms with Crippen LogP contribution in [-0.2, 0) is 25.9 Å². The van der Waals surface area contributed by atoms with Gasteiger partial charge in [-0.05, 0) is 44.9 Å². The van der Waals surface area contributed by atoms with Gasteiger partial charge in [-0.3, -0.25) is 0 Å². The lowest BCUT2D eigenvalue weighted by Gasteiger charge is -2.23. The number of aryl methyl sites for hydroxylation is 1. The van der Waals surface area contributed by atoms with Crippen molar-refractivity contribution in [3.05, 3.63) is 35.4 Å². The molecule has 0 unspecified atom stereocenters. The first-order valence-corrected chi connectivity index (χ1v) is 9.25. The molecule has 4 rings (SSSR count). The van der Waals surface area contributed by atoms with Gasteiger partial charge in [0.15, 0.2) is 0 Å². The van der Waals surface area contributed by atoms with Gasteiger partial charge in [-0.15, -0.1) is 10.2 Å². The van der Waals surface area contributed by atoms with Gasteiger partial charge >= 0.3 is 0 Å². The van der Waals surface area contributed by atoms with Crippen LogP contribution in [0.1, 0.15) is 37.2 Å². The minimum Gasteiger partial charge on any atom is -0.494 e. The molecule has 0 spiro atoms. The lowest BCUT2D eigenvalue weighted by molar-refractivity contribution is 0.251. The number of nitrogens with one attached hydrogen (secondary N) is 1. The summed E-state index contributed by atoms with van der Waals surface area (Å²) in [6.07, 6.45) is 5.23. The second-order valence-electron chi connectivity index (χ2n) is 7.07. The zero-order valence-corrected chi connectivity index (χ0v) is 15.0. The highest BCUT2D eigenvalue weighted by molar-refractivity contribution is 5.49. The van der Waals surface area contributed by atoms with Crippen molar-refractivity contribution in [2.45, 2.75) is 52.3 Å². The van der Waals surface area contributed by atoms with E-state index < -0.39 is 0 Å². The second kappa shape index (κ2) is 7.04. The summed E-state index contributed by atoms with van der Waals surface area (Å²) in [5.41, 5.74) is 2.47. The van der Waals surface area contributed by atoms with Gasteiger partial charge in [-0.25, -0.2) is 0 Å². The third-order valence-electron chi connectivity index (χ3n) is 5.03. The van der Waals surface area contributed by atoms with Crippen LogP contribution in [0.5, 0.6) is 11.5 Å². The maximum absolute atomic E-state index is 6.03. The van der Waals surface area contributed by atoms with Gasteiger partial charge in [0.05, 0.1) is 6.61 Å². The molecule has 0 saturated carbocycles. The van der Waals surface area contributed by atoms with E-state index in [-0.39, 0.29) is 6.10 Å². The molecule has 0 radical (unpaired) electrons. The molecular weight excluding hydrogens is 316 g/mol. The third kappa shape index (κ3) is 3.49. The average Bonchev–Trinajstić information content (AvgIpc) is 3.20. The predicted molar refractivity (Wildman–Crippen MR) is 94.9 cm³/mol. The van der Waals surface area contributed by atoms with E-state index in [2.05, 4.69) is 39.1 Å². The SMILES string of the molecule is CCOc1cc(CNC[C@@H]2CCc3nncn3C2)c2c(c1)C[C@H](C)O2. The standard InChI is InChI=1S/C19H26N4O2/c1-3-24-17-7-15-6-13(2)25-19(15)16(8-17)10-20-9-14-4-5-18-22-21-12-23(18)11-14/h7-8,12-14,20H,3-6,9-11H2,1-2H3/t13-,14-/m0/s1. The number of benzene rings is 1. The largest absolute Gasteiger partial charge is 0.494 e. The van der Waals surface area contributed by atoms with Crippen LogP contribution in [-0.4, -0.2) is 34.0 Å². The summed E-state index contributed by atoms with van der Waals surface area (Å²) in [7, 11) is 0. The highest BCUT2D eigenvalue weighted by atomic mass is 16.5. The quantitative estimate of drug-likeness (QED) is 0.873. The first-order valence-electron chi connectivity index (χ1n) is 9.25. The first-order chi connectivity index (χ1) is 12.2. The molecule has 2 aromatic rings. The fourth-order valence-electron chi connectivity index (χ4n) is 3.86. The zero-order valence-electron chi connectivity index (χ0n) is 15.0. The molecule has 134 valence electrons. The average molecular weight is 342 g/mol. The van der Waals surface area contributed by atoms with E-state index in [4.69, 9.17) is 9.47 Å². The smallest absolute Gasteiger partial charge is 0.132 e. The molecule has 1 aromatic heterocycles. The monoisotopic (exact) mass is 342 g/mol. The molecule has 6 heteroatoms. The van der Waals surface area contributed by atoms with Crippen LogP contribution in [0.25, 0.3) is 0 Å². The molecule has 0 aliphatic carbocycles. The number of ether oxygens (including phenoxy) is 2. The molecule has 1 N–H and O–H groups in total. The Morgan fingerprint density at radius 1 is 1.40 bits per heavy atom. The lowest BCUT2D eigenvalue weighted by Crippen LogP contribution is -2.29. The fourth-order valence-corrected chi connectivity index (χ4v) is 3.86. The number of aromatic nitrogens is 3. The van der Waals surface area contributed by atoms with Crippen molar-refractivity contribution >= 4 is 0 Å². The molecule has 6 nitrogen and oxygen atoms in total. The van der Waals surface area contributed by atoms with Gasteiger partial charge < -0.3 is 19.4 Å². The predicted octanol–water partition coefficient (Wildman–Crippen LogP) is 2.35. The van der Waals surface area contributed by atoms with Crippen LogP contribution in [0, 0.1) is 5.92 Å². The Kier molecular flexibility index (Phi) is 4.61. The molecule has 2 aliphatic heterocycles. The van der Waals surface area contributed by atoms with E-state index in [1.54, 1.807) is 0 Å². The van der Waals surface area contributed by atoms with Crippen LogP contribution in [0.4, 0.5) is 0 Å². The number of rotatable bonds is 6. The van der Waals surface area contributed by atoms with Crippen molar-refractivity contribution in [2.75, 3.05) is 13.2 Å². The molecule has 0 fully saturated rings. The molecule has 25 heavy (non-hydrogen) atoms. The maximum atomic E-state index is 6.03. The molecule has 0 amide bonds. The molecule has 2 aliphatic rings. The van der Waals surface area contributed by atoms with Crippen LogP contribution in [0.3, 0.4) is 0 Å². The summed E-state index contributed by atoms with van der Waals surface area (Å²) < 4.78 is 13.9. The summed E-state index contributed by atoms with van der Waals surface area (Å²) in [6, 6.07) is 4.24. The number of nitrogens with zero attached hydrogens (tertiary/aromatic N) is 3. The van der Waals surface area contributed by atoms with Crippen LogP contribution in [0.2, 0.25) is 0 Å². The molecule has 3 heterocycles. The van der Waals surface area contributed by atoms with Crippen LogP contribution < -0.4 is 14.8 Å². The Bertz CT molecular complexity index is 743. The van der Waals surface area contributed by atoms with Crippen molar-refractivity contribution in [2.24, 2.45) is 5.92 Å². The van der Waals surface area contributed by atoms with Crippen molar-refractivity contribution < 1.29 is 9.47 Å². The summed E-state index contributed by atoms with van der Waals surface area (Å²) in [5, 5.41) is 11.8. The molecule has 1 aromatic carbocycles. The number of hydrogen-bond acceptors (Lipinski definition) is 5. The van der Waals surface area contributed by atoms with E-state index >= 15 is 0 Å². The Balaban J connectivity index is 1.39. The Hall–Kier alpha value is -2.08. The van der Waals surface area contributed by atoms with Gasteiger partial charge in [0, 0.05) is 37.1 Å². The fraction of sp³-hybridized carbons (Fsp3) is 0.579. The summed E-state index contributed by atoms with van der Waals surface area (Å²) in [5.74, 6) is 3.73. The van der Waals surface area contributed by atoms with Gasteiger partial charge in [0.25, 0.3) is 0 Å². The minimum absolute atomic E-state index is 0.246. The minimum atomic E-state index is 0.246. The first kappa shape index (κ1) is 16.4. The van der Waals surface area contributed by atoms with E-state index in [1.165, 1.54) is 11.1 Å². The van der Waals surface area contributed by atoms with Gasteiger partial charge in [-0.1, -0.05) is 0 Å². The second-order valence-corrected chi connectivity index (χ2v) is 7.07. The highest BCUT2D eigenvalue weighted by Gasteiger charge is 2.24. The van der Waals surface area contributed by atoms with E-state index in [9.17, 15) is 0 Å². The van der Waals surface area contributed by atoms with E-state index in [0.717, 1.165) is 56.2 Å². The summed E-state index contributed by atoms with van der Waals surface area (Å²) in [4.78, 5) is 0. The van der Waals surface area contributed by atoms with Gasteiger partial charge in [0.1, 0.15) is 29.8 Å². The number of hydrogen-bond donors (Lipinski definition) is 1. The van der Waals surface area contributed by atoms with Crippen LogP contribution >= 0.6 is 0 Å².